The third-order valence-corrected chi connectivity index (χ3v) is 3.97. The first-order valence-electron chi connectivity index (χ1n) is 7.27. The Kier molecular flexibility index (Phi) is 5.76. The summed E-state index contributed by atoms with van der Waals surface area (Å²) in [7, 11) is 2.88. The fraction of sp³-hybridized carbons (Fsp3) is 0.333. The molecular formula is C18H24NP. The zero-order valence-corrected chi connectivity index (χ0v) is 13.5. The second-order valence-electron chi connectivity index (χ2n) is 5.68. The maximum absolute atomic E-state index is 3.54. The Morgan fingerprint density at radius 2 is 1.55 bits per heavy atom. The minimum atomic E-state index is 0.295. The number of rotatable bonds is 6. The van der Waals surface area contributed by atoms with Gasteiger partial charge in [0.2, 0.25) is 0 Å². The third-order valence-electron chi connectivity index (χ3n) is 3.35. The fourth-order valence-electron chi connectivity index (χ4n) is 2.27. The molecule has 0 amide bonds. The monoisotopic (exact) mass is 285 g/mol. The van der Waals surface area contributed by atoms with Gasteiger partial charge in [0.1, 0.15) is 0 Å². The van der Waals surface area contributed by atoms with Crippen molar-refractivity contribution in [3.8, 4) is 0 Å². The molecular weight excluding hydrogens is 261 g/mol. The van der Waals surface area contributed by atoms with Gasteiger partial charge in [-0.3, -0.25) is 0 Å². The maximum atomic E-state index is 3.54. The zero-order valence-electron chi connectivity index (χ0n) is 12.3. The zero-order chi connectivity index (χ0) is 14.4. The van der Waals surface area contributed by atoms with Gasteiger partial charge in [0.25, 0.3) is 0 Å². The second kappa shape index (κ2) is 7.57. The van der Waals surface area contributed by atoms with Gasteiger partial charge < -0.3 is 5.32 Å². The summed E-state index contributed by atoms with van der Waals surface area (Å²) in [5, 5.41) is 3.54. The van der Waals surface area contributed by atoms with Gasteiger partial charge in [0.05, 0.1) is 0 Å². The molecule has 2 atom stereocenters. The van der Waals surface area contributed by atoms with Crippen molar-refractivity contribution in [1.82, 2.24) is 5.32 Å². The van der Waals surface area contributed by atoms with Crippen molar-refractivity contribution in [3.63, 3.8) is 0 Å². The third kappa shape index (κ3) is 4.74. The second-order valence-corrected chi connectivity index (χ2v) is 6.35. The minimum Gasteiger partial charge on any atom is -0.303 e. The summed E-state index contributed by atoms with van der Waals surface area (Å²) in [5.74, 6) is 1.01. The van der Waals surface area contributed by atoms with E-state index in [9.17, 15) is 0 Å². The molecule has 20 heavy (non-hydrogen) atoms. The normalized spacial score (nSPS) is 12.6. The molecule has 0 aromatic heterocycles. The Morgan fingerprint density at radius 3 is 2.15 bits per heavy atom. The molecule has 0 saturated heterocycles. The Bertz CT molecular complexity index is 505. The predicted molar refractivity (Wildman–Crippen MR) is 90.7 cm³/mol. The van der Waals surface area contributed by atoms with Crippen LogP contribution in [0.15, 0.2) is 54.6 Å². The lowest BCUT2D eigenvalue weighted by atomic mass is 10.0. The van der Waals surface area contributed by atoms with Crippen LogP contribution < -0.4 is 5.32 Å². The van der Waals surface area contributed by atoms with Gasteiger partial charge in [-0.2, -0.15) is 0 Å². The number of benzene rings is 2. The van der Waals surface area contributed by atoms with Crippen LogP contribution in [-0.2, 0) is 13.0 Å². The lowest BCUT2D eigenvalue weighted by Crippen LogP contribution is -2.15. The molecule has 2 heteroatoms. The van der Waals surface area contributed by atoms with Crippen LogP contribution in [0.3, 0.4) is 0 Å². The quantitative estimate of drug-likeness (QED) is 0.768. The molecule has 2 rings (SSSR count). The molecule has 1 N–H and O–H groups in total. The molecule has 0 bridgehead atoms. The van der Waals surface area contributed by atoms with Gasteiger partial charge in [-0.15, -0.1) is 9.24 Å². The highest BCUT2D eigenvalue weighted by Gasteiger charge is 2.05. The summed E-state index contributed by atoms with van der Waals surface area (Å²) in [5.41, 5.74) is 4.05. The van der Waals surface area contributed by atoms with Crippen LogP contribution in [0.1, 0.15) is 36.3 Å². The van der Waals surface area contributed by atoms with E-state index in [0.29, 0.717) is 11.7 Å². The standard InChI is InChI=1S/C18H24NP/c1-14(2)12-15-8-10-17(11-9-15)18(20)19-13-16-6-4-3-5-7-16/h3-11,14,18-19H,12-13,20H2,1-2H3. The van der Waals surface area contributed by atoms with Crippen molar-refractivity contribution in [2.45, 2.75) is 32.6 Å². The van der Waals surface area contributed by atoms with E-state index in [4.69, 9.17) is 0 Å². The highest BCUT2D eigenvalue weighted by molar-refractivity contribution is 7.17. The molecule has 0 fully saturated rings. The van der Waals surface area contributed by atoms with Crippen LogP contribution in [0.4, 0.5) is 0 Å². The lowest BCUT2D eigenvalue weighted by molar-refractivity contribution is 0.645. The van der Waals surface area contributed by atoms with E-state index in [1.54, 1.807) is 0 Å². The minimum absolute atomic E-state index is 0.295. The first kappa shape index (κ1) is 15.2. The Labute approximate surface area is 125 Å². The first-order valence-corrected chi connectivity index (χ1v) is 7.93. The molecule has 0 aliphatic rings. The van der Waals surface area contributed by atoms with E-state index in [1.807, 2.05) is 0 Å². The van der Waals surface area contributed by atoms with E-state index in [-0.39, 0.29) is 0 Å². The van der Waals surface area contributed by atoms with Crippen LogP contribution in [0.25, 0.3) is 0 Å². The van der Waals surface area contributed by atoms with E-state index in [2.05, 4.69) is 83.0 Å². The van der Waals surface area contributed by atoms with E-state index < -0.39 is 0 Å². The van der Waals surface area contributed by atoms with Crippen LogP contribution in [-0.4, -0.2) is 0 Å². The van der Waals surface area contributed by atoms with Gasteiger partial charge in [0.15, 0.2) is 0 Å². The highest BCUT2D eigenvalue weighted by atomic mass is 31.0. The summed E-state index contributed by atoms with van der Waals surface area (Å²) >= 11 is 0. The largest absolute Gasteiger partial charge is 0.303 e. The SMILES string of the molecule is CC(C)Cc1ccc(C(P)NCc2ccccc2)cc1. The number of hydrogen-bond donors (Lipinski definition) is 1. The van der Waals surface area contributed by atoms with Gasteiger partial charge >= 0.3 is 0 Å². The van der Waals surface area contributed by atoms with Crippen LogP contribution in [0.5, 0.6) is 0 Å². The molecule has 0 saturated carbocycles. The Hall–Kier alpha value is -1.17. The predicted octanol–water partition coefficient (Wildman–Crippen LogP) is 4.55. The topological polar surface area (TPSA) is 12.0 Å². The van der Waals surface area contributed by atoms with Crippen molar-refractivity contribution in [2.24, 2.45) is 5.92 Å². The molecule has 0 spiro atoms. The lowest BCUT2D eigenvalue weighted by Gasteiger charge is -2.15. The van der Waals surface area contributed by atoms with Crippen molar-refractivity contribution in [2.75, 3.05) is 0 Å². The van der Waals surface area contributed by atoms with Crippen molar-refractivity contribution < 1.29 is 0 Å². The molecule has 2 unspecified atom stereocenters. The summed E-state index contributed by atoms with van der Waals surface area (Å²) in [4.78, 5) is 0. The van der Waals surface area contributed by atoms with Crippen LogP contribution in [0, 0.1) is 5.92 Å². The van der Waals surface area contributed by atoms with E-state index >= 15 is 0 Å². The summed E-state index contributed by atoms with van der Waals surface area (Å²) < 4.78 is 0. The average Bonchev–Trinajstić information content (AvgIpc) is 2.46. The molecule has 0 aliphatic heterocycles. The summed E-state index contributed by atoms with van der Waals surface area (Å²) in [6.07, 6.45) is 1.15. The van der Waals surface area contributed by atoms with Crippen molar-refractivity contribution in [1.29, 1.82) is 0 Å². The average molecular weight is 285 g/mol. The molecule has 2 aromatic rings. The molecule has 2 aromatic carbocycles. The molecule has 0 aliphatic carbocycles. The first-order chi connectivity index (χ1) is 9.65. The smallest absolute Gasteiger partial charge is 0.0466 e. The van der Waals surface area contributed by atoms with Gasteiger partial charge in [-0.25, -0.2) is 0 Å². The Balaban J connectivity index is 1.90. The molecule has 1 nitrogen and oxygen atoms in total. The van der Waals surface area contributed by atoms with Crippen molar-refractivity contribution in [3.05, 3.63) is 71.3 Å². The van der Waals surface area contributed by atoms with E-state index in [0.717, 1.165) is 13.0 Å². The fourth-order valence-corrected chi connectivity index (χ4v) is 2.61. The maximum Gasteiger partial charge on any atom is 0.0466 e. The van der Waals surface area contributed by atoms with Gasteiger partial charge in [-0.05, 0) is 29.0 Å². The van der Waals surface area contributed by atoms with Crippen LogP contribution >= 0.6 is 9.24 Å². The highest BCUT2D eigenvalue weighted by Crippen LogP contribution is 2.21. The van der Waals surface area contributed by atoms with Crippen molar-refractivity contribution >= 4 is 9.24 Å². The molecule has 0 heterocycles. The summed E-state index contributed by atoms with van der Waals surface area (Å²) in [6, 6.07) is 19.5. The van der Waals surface area contributed by atoms with Gasteiger partial charge in [-0.1, -0.05) is 68.4 Å². The van der Waals surface area contributed by atoms with Crippen LogP contribution in [0.2, 0.25) is 0 Å². The summed E-state index contributed by atoms with van der Waals surface area (Å²) in [6.45, 7) is 5.41. The van der Waals surface area contributed by atoms with E-state index in [1.165, 1.54) is 16.7 Å². The van der Waals surface area contributed by atoms with Gasteiger partial charge in [0, 0.05) is 12.3 Å². The number of nitrogens with one attached hydrogen (secondary N) is 1. The molecule has 0 radical (unpaired) electrons. The molecule has 106 valence electrons. The Morgan fingerprint density at radius 1 is 0.900 bits per heavy atom. The number of hydrogen-bond acceptors (Lipinski definition) is 1.